The number of aliphatic hydroxyl groups is 1. The molecular weight excluding hydrogens is 256 g/mol. The molecule has 1 heterocycles. The summed E-state index contributed by atoms with van der Waals surface area (Å²) >= 11 is 0. The second-order valence-electron chi connectivity index (χ2n) is 6.23. The van der Waals surface area contributed by atoms with Gasteiger partial charge in [-0.15, -0.1) is 0 Å². The lowest BCUT2D eigenvalue weighted by molar-refractivity contribution is -0.138. The standard InChI is InChI=1S/C15H26N2O3/c1-11(2)17-10-12(9-14(17)19)15(20)16(7-8-18)13-5-3-4-6-13/h11-13,18H,3-10H2,1-2H3. The lowest BCUT2D eigenvalue weighted by atomic mass is 10.0. The van der Waals surface area contributed by atoms with Gasteiger partial charge in [0.1, 0.15) is 0 Å². The van der Waals surface area contributed by atoms with Crippen molar-refractivity contribution in [2.75, 3.05) is 19.7 Å². The van der Waals surface area contributed by atoms with Gasteiger partial charge >= 0.3 is 0 Å². The smallest absolute Gasteiger partial charge is 0.228 e. The zero-order chi connectivity index (χ0) is 14.7. The summed E-state index contributed by atoms with van der Waals surface area (Å²) in [7, 11) is 0. The highest BCUT2D eigenvalue weighted by Gasteiger charge is 2.39. The Bertz CT molecular complexity index is 364. The van der Waals surface area contributed by atoms with E-state index in [1.54, 1.807) is 4.90 Å². The molecule has 2 rings (SSSR count). The first-order chi connectivity index (χ1) is 9.54. The van der Waals surface area contributed by atoms with Gasteiger partial charge in [-0.1, -0.05) is 12.8 Å². The van der Waals surface area contributed by atoms with Crippen molar-refractivity contribution in [2.24, 2.45) is 5.92 Å². The minimum Gasteiger partial charge on any atom is -0.395 e. The first kappa shape index (κ1) is 15.3. The van der Waals surface area contributed by atoms with Crippen LogP contribution in [0.2, 0.25) is 0 Å². The first-order valence-electron chi connectivity index (χ1n) is 7.75. The second-order valence-corrected chi connectivity index (χ2v) is 6.23. The number of hydrogen-bond donors (Lipinski definition) is 1. The van der Waals surface area contributed by atoms with Crippen LogP contribution in [0, 0.1) is 5.92 Å². The summed E-state index contributed by atoms with van der Waals surface area (Å²) in [5.74, 6) is -0.0896. The lowest BCUT2D eigenvalue weighted by Crippen LogP contribution is -2.45. The maximum atomic E-state index is 12.7. The first-order valence-corrected chi connectivity index (χ1v) is 7.75. The topological polar surface area (TPSA) is 60.9 Å². The van der Waals surface area contributed by atoms with Crippen LogP contribution in [0.1, 0.15) is 46.0 Å². The molecule has 20 heavy (non-hydrogen) atoms. The van der Waals surface area contributed by atoms with E-state index in [0.29, 0.717) is 19.5 Å². The molecule has 0 spiro atoms. The van der Waals surface area contributed by atoms with Gasteiger partial charge in [0.25, 0.3) is 0 Å². The summed E-state index contributed by atoms with van der Waals surface area (Å²) < 4.78 is 0. The minimum atomic E-state index is -0.225. The predicted molar refractivity (Wildman–Crippen MR) is 76.0 cm³/mol. The molecule has 2 fully saturated rings. The predicted octanol–water partition coefficient (Wildman–Crippen LogP) is 1.01. The van der Waals surface area contributed by atoms with E-state index in [4.69, 9.17) is 0 Å². The van der Waals surface area contributed by atoms with Gasteiger partial charge in [-0.2, -0.15) is 0 Å². The zero-order valence-electron chi connectivity index (χ0n) is 12.5. The van der Waals surface area contributed by atoms with Crippen LogP contribution in [-0.4, -0.2) is 58.5 Å². The molecule has 1 unspecified atom stereocenters. The largest absolute Gasteiger partial charge is 0.395 e. The van der Waals surface area contributed by atoms with Gasteiger partial charge in [-0.25, -0.2) is 0 Å². The average molecular weight is 282 g/mol. The van der Waals surface area contributed by atoms with Crippen LogP contribution in [0.25, 0.3) is 0 Å². The van der Waals surface area contributed by atoms with Crippen LogP contribution in [0.15, 0.2) is 0 Å². The molecule has 1 N–H and O–H groups in total. The maximum Gasteiger partial charge on any atom is 0.228 e. The monoisotopic (exact) mass is 282 g/mol. The number of amides is 2. The molecule has 0 radical (unpaired) electrons. The average Bonchev–Trinajstić information content (AvgIpc) is 3.04. The molecular formula is C15H26N2O3. The van der Waals surface area contributed by atoms with Crippen molar-refractivity contribution < 1.29 is 14.7 Å². The molecule has 0 aromatic heterocycles. The maximum absolute atomic E-state index is 12.7. The Morgan fingerprint density at radius 2 is 2.05 bits per heavy atom. The van der Waals surface area contributed by atoms with Gasteiger partial charge in [0.2, 0.25) is 11.8 Å². The van der Waals surface area contributed by atoms with Crippen LogP contribution >= 0.6 is 0 Å². The SMILES string of the molecule is CC(C)N1CC(C(=O)N(CCO)C2CCCC2)CC1=O. The molecule has 114 valence electrons. The lowest BCUT2D eigenvalue weighted by Gasteiger charge is -2.31. The number of aliphatic hydroxyl groups excluding tert-OH is 1. The van der Waals surface area contributed by atoms with Crippen LogP contribution in [0.4, 0.5) is 0 Å². The fraction of sp³-hybridized carbons (Fsp3) is 0.867. The van der Waals surface area contributed by atoms with Crippen molar-refractivity contribution in [3.05, 3.63) is 0 Å². The molecule has 0 bridgehead atoms. The fourth-order valence-electron chi connectivity index (χ4n) is 3.43. The summed E-state index contributed by atoms with van der Waals surface area (Å²) in [6, 6.07) is 0.413. The molecule has 1 saturated heterocycles. The van der Waals surface area contributed by atoms with Crippen LogP contribution in [-0.2, 0) is 9.59 Å². The van der Waals surface area contributed by atoms with E-state index in [9.17, 15) is 14.7 Å². The highest BCUT2D eigenvalue weighted by atomic mass is 16.3. The van der Waals surface area contributed by atoms with Crippen molar-refractivity contribution in [1.29, 1.82) is 0 Å². The Labute approximate surface area is 120 Å². The Morgan fingerprint density at radius 1 is 1.40 bits per heavy atom. The van der Waals surface area contributed by atoms with Gasteiger partial charge in [0.05, 0.1) is 12.5 Å². The number of carbonyl (C=O) groups is 2. The number of rotatable bonds is 5. The van der Waals surface area contributed by atoms with Crippen LogP contribution < -0.4 is 0 Å². The summed E-state index contributed by atoms with van der Waals surface area (Å²) in [6.07, 6.45) is 4.69. The Kier molecular flexibility index (Phi) is 5.02. The van der Waals surface area contributed by atoms with Crippen LogP contribution in [0.3, 0.4) is 0 Å². The van der Waals surface area contributed by atoms with Crippen molar-refractivity contribution >= 4 is 11.8 Å². The summed E-state index contributed by atoms with van der Waals surface area (Å²) in [5.41, 5.74) is 0. The Balaban J connectivity index is 2.02. The molecule has 2 aliphatic rings. The highest BCUT2D eigenvalue weighted by molar-refractivity contribution is 5.89. The second kappa shape index (κ2) is 6.57. The van der Waals surface area contributed by atoms with E-state index < -0.39 is 0 Å². The highest BCUT2D eigenvalue weighted by Crippen LogP contribution is 2.28. The van der Waals surface area contributed by atoms with Crippen molar-refractivity contribution in [3.63, 3.8) is 0 Å². The van der Waals surface area contributed by atoms with E-state index in [1.165, 1.54) is 0 Å². The molecule has 1 aliphatic carbocycles. The summed E-state index contributed by atoms with van der Waals surface area (Å²) in [4.78, 5) is 28.2. The molecule has 1 atom stereocenters. The minimum absolute atomic E-state index is 0.00317. The van der Waals surface area contributed by atoms with E-state index in [-0.39, 0.29) is 36.4 Å². The molecule has 1 aliphatic heterocycles. The van der Waals surface area contributed by atoms with Crippen LogP contribution in [0.5, 0.6) is 0 Å². The molecule has 5 nitrogen and oxygen atoms in total. The van der Waals surface area contributed by atoms with E-state index >= 15 is 0 Å². The normalized spacial score (nSPS) is 23.9. The van der Waals surface area contributed by atoms with Gasteiger partial charge < -0.3 is 14.9 Å². The molecule has 0 aromatic carbocycles. The fourth-order valence-corrected chi connectivity index (χ4v) is 3.43. The summed E-state index contributed by atoms with van der Waals surface area (Å²) in [5, 5.41) is 9.21. The van der Waals surface area contributed by atoms with Crippen molar-refractivity contribution in [3.8, 4) is 0 Å². The third-order valence-electron chi connectivity index (χ3n) is 4.52. The Hall–Kier alpha value is -1.10. The number of nitrogens with zero attached hydrogens (tertiary/aromatic N) is 2. The van der Waals surface area contributed by atoms with E-state index in [1.807, 2.05) is 18.7 Å². The molecule has 0 aromatic rings. The third kappa shape index (κ3) is 3.14. The third-order valence-corrected chi connectivity index (χ3v) is 4.52. The molecule has 2 amide bonds. The number of carbonyl (C=O) groups excluding carboxylic acids is 2. The van der Waals surface area contributed by atoms with Crippen molar-refractivity contribution in [1.82, 2.24) is 9.80 Å². The van der Waals surface area contributed by atoms with Gasteiger partial charge in [0.15, 0.2) is 0 Å². The van der Waals surface area contributed by atoms with E-state index in [2.05, 4.69) is 0 Å². The van der Waals surface area contributed by atoms with E-state index in [0.717, 1.165) is 25.7 Å². The number of likely N-dealkylation sites (tertiary alicyclic amines) is 1. The molecule has 5 heteroatoms. The number of hydrogen-bond acceptors (Lipinski definition) is 3. The Morgan fingerprint density at radius 3 is 2.55 bits per heavy atom. The summed E-state index contributed by atoms with van der Waals surface area (Å²) in [6.45, 7) is 4.89. The molecule has 1 saturated carbocycles. The van der Waals surface area contributed by atoms with Gasteiger partial charge in [-0.05, 0) is 26.7 Å². The zero-order valence-corrected chi connectivity index (χ0v) is 12.5. The quantitative estimate of drug-likeness (QED) is 0.818. The van der Waals surface area contributed by atoms with Gasteiger partial charge in [0, 0.05) is 31.6 Å². The van der Waals surface area contributed by atoms with Gasteiger partial charge in [-0.3, -0.25) is 9.59 Å². The van der Waals surface area contributed by atoms with Crippen molar-refractivity contribution in [2.45, 2.75) is 58.0 Å².